The smallest absolute Gasteiger partial charge is 0.339 e. The summed E-state index contributed by atoms with van der Waals surface area (Å²) in [6.45, 7) is 1.95. The summed E-state index contributed by atoms with van der Waals surface area (Å²) in [6.07, 6.45) is 0. The number of benzene rings is 1. The van der Waals surface area contributed by atoms with E-state index in [1.54, 1.807) is 13.2 Å². The second-order valence-corrected chi connectivity index (χ2v) is 3.08. The third-order valence-corrected chi connectivity index (χ3v) is 2.16. The van der Waals surface area contributed by atoms with E-state index < -0.39 is 0 Å². The van der Waals surface area contributed by atoms with Gasteiger partial charge in [0.2, 0.25) is 0 Å². The van der Waals surface area contributed by atoms with Crippen molar-refractivity contribution >= 4 is 11.0 Å². The van der Waals surface area contributed by atoms with Gasteiger partial charge in [0.25, 0.3) is 0 Å². The maximum absolute atomic E-state index is 11.1. The standard InChI is InChI=1S/C11H10O3/c1-7-4-3-5-8-11(7)9(13-2)6-10(12)14-8/h3-6H,1-2H3. The molecule has 2 rings (SSSR count). The van der Waals surface area contributed by atoms with E-state index in [-0.39, 0.29) is 5.63 Å². The summed E-state index contributed by atoms with van der Waals surface area (Å²) >= 11 is 0. The van der Waals surface area contributed by atoms with Crippen LogP contribution in [0.15, 0.2) is 33.5 Å². The van der Waals surface area contributed by atoms with Crippen molar-refractivity contribution in [1.82, 2.24) is 0 Å². The number of methoxy groups -OCH3 is 1. The average Bonchev–Trinajstić information content (AvgIpc) is 2.16. The average molecular weight is 190 g/mol. The van der Waals surface area contributed by atoms with E-state index in [1.165, 1.54) is 6.07 Å². The first-order chi connectivity index (χ1) is 6.72. The Bertz CT molecular complexity index is 526. The summed E-state index contributed by atoms with van der Waals surface area (Å²) < 4.78 is 10.2. The molecule has 0 atom stereocenters. The zero-order chi connectivity index (χ0) is 10.1. The molecule has 3 heteroatoms. The second kappa shape index (κ2) is 3.18. The normalized spacial score (nSPS) is 10.4. The number of hydrogen-bond acceptors (Lipinski definition) is 3. The molecule has 0 N–H and O–H groups in total. The first kappa shape index (κ1) is 8.81. The summed E-state index contributed by atoms with van der Waals surface area (Å²) in [6, 6.07) is 6.91. The van der Waals surface area contributed by atoms with E-state index in [0.717, 1.165) is 10.9 Å². The van der Waals surface area contributed by atoms with Gasteiger partial charge in [0.15, 0.2) is 0 Å². The molecule has 0 bridgehead atoms. The van der Waals surface area contributed by atoms with Crippen molar-refractivity contribution in [3.63, 3.8) is 0 Å². The third-order valence-electron chi connectivity index (χ3n) is 2.16. The summed E-state index contributed by atoms with van der Waals surface area (Å²) in [5.41, 5.74) is 1.21. The maximum atomic E-state index is 11.1. The Morgan fingerprint density at radius 2 is 2.14 bits per heavy atom. The Balaban J connectivity index is 2.96. The van der Waals surface area contributed by atoms with Crippen LogP contribution in [0.25, 0.3) is 11.0 Å². The molecule has 0 aliphatic heterocycles. The first-order valence-electron chi connectivity index (χ1n) is 4.30. The maximum Gasteiger partial charge on any atom is 0.339 e. The fourth-order valence-corrected chi connectivity index (χ4v) is 1.52. The molecule has 0 amide bonds. The molecular formula is C11H10O3. The molecule has 1 aromatic heterocycles. The van der Waals surface area contributed by atoms with Gasteiger partial charge >= 0.3 is 5.63 Å². The number of hydrogen-bond donors (Lipinski definition) is 0. The van der Waals surface area contributed by atoms with Crippen LogP contribution in [0.1, 0.15) is 5.56 Å². The molecule has 3 nitrogen and oxygen atoms in total. The van der Waals surface area contributed by atoms with Gasteiger partial charge in [-0.3, -0.25) is 0 Å². The number of rotatable bonds is 1. The van der Waals surface area contributed by atoms with Crippen LogP contribution in [0, 0.1) is 6.92 Å². The van der Waals surface area contributed by atoms with Crippen molar-refractivity contribution in [2.24, 2.45) is 0 Å². The minimum Gasteiger partial charge on any atom is -0.496 e. The van der Waals surface area contributed by atoms with Crippen molar-refractivity contribution < 1.29 is 9.15 Å². The molecule has 0 spiro atoms. The highest BCUT2D eigenvalue weighted by atomic mass is 16.5. The molecule has 0 aliphatic rings. The molecule has 0 saturated heterocycles. The van der Waals surface area contributed by atoms with Crippen LogP contribution in [0.4, 0.5) is 0 Å². The molecule has 2 aromatic rings. The molecule has 1 aromatic carbocycles. The van der Waals surface area contributed by atoms with Gasteiger partial charge < -0.3 is 9.15 Å². The van der Waals surface area contributed by atoms with Gasteiger partial charge in [0, 0.05) is 0 Å². The quantitative estimate of drug-likeness (QED) is 0.646. The zero-order valence-corrected chi connectivity index (χ0v) is 8.03. The fraction of sp³-hybridized carbons (Fsp3) is 0.182. The highest BCUT2D eigenvalue weighted by Crippen LogP contribution is 2.26. The van der Waals surface area contributed by atoms with Gasteiger partial charge in [-0.05, 0) is 18.6 Å². The Kier molecular flexibility index (Phi) is 2.00. The Labute approximate surface area is 80.9 Å². The van der Waals surface area contributed by atoms with Crippen LogP contribution in [0.2, 0.25) is 0 Å². The molecule has 14 heavy (non-hydrogen) atoms. The van der Waals surface area contributed by atoms with Gasteiger partial charge in [-0.25, -0.2) is 4.79 Å². The van der Waals surface area contributed by atoms with Gasteiger partial charge in [-0.15, -0.1) is 0 Å². The van der Waals surface area contributed by atoms with Crippen LogP contribution in [-0.4, -0.2) is 7.11 Å². The number of fused-ring (bicyclic) bond motifs is 1. The van der Waals surface area contributed by atoms with Gasteiger partial charge in [0.1, 0.15) is 11.3 Å². The highest BCUT2D eigenvalue weighted by molar-refractivity contribution is 5.86. The SMILES string of the molecule is COc1cc(=O)oc2cccc(C)c12. The van der Waals surface area contributed by atoms with Gasteiger partial charge in [-0.1, -0.05) is 12.1 Å². The van der Waals surface area contributed by atoms with Crippen molar-refractivity contribution in [1.29, 1.82) is 0 Å². The van der Waals surface area contributed by atoms with E-state index in [4.69, 9.17) is 9.15 Å². The van der Waals surface area contributed by atoms with Crippen LogP contribution in [-0.2, 0) is 0 Å². The lowest BCUT2D eigenvalue weighted by Crippen LogP contribution is -1.99. The molecule has 0 aliphatic carbocycles. The Hall–Kier alpha value is -1.77. The van der Waals surface area contributed by atoms with Crippen molar-refractivity contribution in [3.8, 4) is 5.75 Å². The Morgan fingerprint density at radius 3 is 2.86 bits per heavy atom. The van der Waals surface area contributed by atoms with E-state index >= 15 is 0 Å². The Morgan fingerprint density at radius 1 is 1.36 bits per heavy atom. The third kappa shape index (κ3) is 1.27. The van der Waals surface area contributed by atoms with Crippen LogP contribution < -0.4 is 10.4 Å². The van der Waals surface area contributed by atoms with E-state index in [2.05, 4.69) is 0 Å². The summed E-state index contributed by atoms with van der Waals surface area (Å²) in [5.74, 6) is 0.564. The summed E-state index contributed by atoms with van der Waals surface area (Å²) in [5, 5.41) is 0.856. The number of aryl methyl sites for hydroxylation is 1. The minimum atomic E-state index is -0.389. The molecule has 1 heterocycles. The summed E-state index contributed by atoms with van der Waals surface area (Å²) in [7, 11) is 1.54. The largest absolute Gasteiger partial charge is 0.496 e. The van der Waals surface area contributed by atoms with Gasteiger partial charge in [-0.2, -0.15) is 0 Å². The van der Waals surface area contributed by atoms with E-state index in [1.807, 2.05) is 19.1 Å². The molecule has 0 radical (unpaired) electrons. The van der Waals surface area contributed by atoms with Crippen molar-refractivity contribution in [2.45, 2.75) is 6.92 Å². The molecule has 0 fully saturated rings. The lowest BCUT2D eigenvalue weighted by molar-refractivity contribution is 0.413. The van der Waals surface area contributed by atoms with Gasteiger partial charge in [0.05, 0.1) is 18.6 Å². The van der Waals surface area contributed by atoms with Crippen LogP contribution >= 0.6 is 0 Å². The van der Waals surface area contributed by atoms with E-state index in [9.17, 15) is 4.79 Å². The van der Waals surface area contributed by atoms with Crippen LogP contribution in [0.3, 0.4) is 0 Å². The predicted molar refractivity (Wildman–Crippen MR) is 53.8 cm³/mol. The second-order valence-electron chi connectivity index (χ2n) is 3.08. The van der Waals surface area contributed by atoms with E-state index in [0.29, 0.717) is 11.3 Å². The van der Waals surface area contributed by atoms with Crippen molar-refractivity contribution in [3.05, 3.63) is 40.2 Å². The number of ether oxygens (including phenoxy) is 1. The summed E-state index contributed by atoms with van der Waals surface area (Å²) in [4.78, 5) is 11.1. The topological polar surface area (TPSA) is 39.4 Å². The van der Waals surface area contributed by atoms with Crippen molar-refractivity contribution in [2.75, 3.05) is 7.11 Å². The minimum absolute atomic E-state index is 0.389. The molecular weight excluding hydrogens is 180 g/mol. The lowest BCUT2D eigenvalue weighted by atomic mass is 10.1. The molecule has 0 saturated carbocycles. The monoisotopic (exact) mass is 190 g/mol. The molecule has 72 valence electrons. The lowest BCUT2D eigenvalue weighted by Gasteiger charge is -2.05. The molecule has 0 unspecified atom stereocenters. The fourth-order valence-electron chi connectivity index (χ4n) is 1.52. The van der Waals surface area contributed by atoms with Crippen LogP contribution in [0.5, 0.6) is 5.75 Å². The first-order valence-corrected chi connectivity index (χ1v) is 4.30. The predicted octanol–water partition coefficient (Wildman–Crippen LogP) is 2.11. The highest BCUT2D eigenvalue weighted by Gasteiger charge is 2.07. The zero-order valence-electron chi connectivity index (χ0n) is 8.03.